The molecule has 3 atom stereocenters. The molecule has 0 unspecified atom stereocenters. The van der Waals surface area contributed by atoms with E-state index in [4.69, 9.17) is 4.74 Å². The Balaban J connectivity index is 1.56. The molecule has 0 radical (unpaired) electrons. The lowest BCUT2D eigenvalue weighted by atomic mass is 9.85. The second-order valence-electron chi connectivity index (χ2n) is 6.41. The van der Waals surface area contributed by atoms with E-state index in [1.807, 2.05) is 36.4 Å². The van der Waals surface area contributed by atoms with Gasteiger partial charge in [-0.25, -0.2) is 0 Å². The number of ether oxygens (including phenoxy) is 1. The normalized spacial score (nSPS) is 24.2. The highest BCUT2D eigenvalue weighted by molar-refractivity contribution is 6.05. The molecule has 2 amide bonds. The summed E-state index contributed by atoms with van der Waals surface area (Å²) in [5.41, 5.74) is 1.16. The first-order chi connectivity index (χ1) is 11.6. The number of fused-ring (bicyclic) bond motifs is 1. The number of hydrogen-bond donors (Lipinski definition) is 1. The van der Waals surface area contributed by atoms with Crippen molar-refractivity contribution in [3.63, 3.8) is 0 Å². The van der Waals surface area contributed by atoms with Crippen LogP contribution < -0.4 is 4.74 Å². The van der Waals surface area contributed by atoms with Crippen molar-refractivity contribution >= 4 is 11.8 Å². The number of carbonyl (C=O) groups excluding carboxylic acids is 2. The van der Waals surface area contributed by atoms with Gasteiger partial charge in [0.15, 0.2) is 0 Å². The van der Waals surface area contributed by atoms with E-state index >= 15 is 0 Å². The Labute approximate surface area is 141 Å². The van der Waals surface area contributed by atoms with E-state index in [9.17, 15) is 14.7 Å². The van der Waals surface area contributed by atoms with Crippen molar-refractivity contribution in [1.82, 2.24) is 4.90 Å². The molecule has 1 aromatic carbocycles. The zero-order chi connectivity index (χ0) is 17.1. The number of aliphatic hydroxyl groups is 1. The van der Waals surface area contributed by atoms with Gasteiger partial charge in [0.25, 0.3) is 0 Å². The fraction of sp³-hybridized carbons (Fsp3) is 0.474. The number of likely N-dealkylation sites (tertiary alicyclic amines) is 1. The van der Waals surface area contributed by atoms with Crippen LogP contribution in [0.5, 0.6) is 5.75 Å². The number of β-amino-alcohol motifs (C(OH)–C–C–N with tert-alkyl or cyclic N) is 1. The van der Waals surface area contributed by atoms with Crippen molar-refractivity contribution in [2.75, 3.05) is 13.2 Å². The van der Waals surface area contributed by atoms with Gasteiger partial charge >= 0.3 is 0 Å². The summed E-state index contributed by atoms with van der Waals surface area (Å²) in [4.78, 5) is 25.9. The number of amides is 2. The Kier molecular flexibility index (Phi) is 5.00. The van der Waals surface area contributed by atoms with Crippen LogP contribution >= 0.6 is 0 Å². The van der Waals surface area contributed by atoms with Crippen LogP contribution in [0.3, 0.4) is 0 Å². The molecule has 0 aromatic heterocycles. The highest BCUT2D eigenvalue weighted by Gasteiger charge is 2.47. The Morgan fingerprint density at radius 3 is 2.50 bits per heavy atom. The predicted octanol–water partition coefficient (Wildman–Crippen LogP) is 1.94. The number of aryl methyl sites for hydroxylation is 1. The van der Waals surface area contributed by atoms with Crippen molar-refractivity contribution in [2.24, 2.45) is 11.8 Å². The number of imide groups is 1. The fourth-order valence-electron chi connectivity index (χ4n) is 3.36. The van der Waals surface area contributed by atoms with Gasteiger partial charge in [-0.1, -0.05) is 31.2 Å². The Morgan fingerprint density at radius 1 is 1.21 bits per heavy atom. The third-order valence-electron chi connectivity index (χ3n) is 4.74. The molecule has 5 nitrogen and oxygen atoms in total. The SMILES string of the molecule is CCc1cccc(OC[C@H](O)CN2C(=O)[C@@H]3CC=CC[C@H]3C2=O)c1. The van der Waals surface area contributed by atoms with Crippen LogP contribution in [0, 0.1) is 11.8 Å². The molecule has 1 N–H and O–H groups in total. The molecule has 0 bridgehead atoms. The number of carbonyl (C=O) groups is 2. The first-order valence-corrected chi connectivity index (χ1v) is 8.50. The van der Waals surface area contributed by atoms with Gasteiger partial charge in [0, 0.05) is 0 Å². The molecule has 2 aliphatic rings. The lowest BCUT2D eigenvalue weighted by molar-refractivity contribution is -0.141. The minimum absolute atomic E-state index is 0.00185. The van der Waals surface area contributed by atoms with E-state index in [2.05, 4.69) is 6.92 Å². The summed E-state index contributed by atoms with van der Waals surface area (Å²) in [5.74, 6) is -0.151. The van der Waals surface area contributed by atoms with E-state index in [0.29, 0.717) is 18.6 Å². The molecule has 1 aliphatic carbocycles. The maximum atomic E-state index is 12.4. The van der Waals surface area contributed by atoms with Crippen LogP contribution in [-0.4, -0.2) is 41.1 Å². The van der Waals surface area contributed by atoms with Gasteiger partial charge in [-0.2, -0.15) is 0 Å². The van der Waals surface area contributed by atoms with Gasteiger partial charge in [0.1, 0.15) is 18.5 Å². The quantitative estimate of drug-likeness (QED) is 0.640. The summed E-state index contributed by atoms with van der Waals surface area (Å²) in [6.07, 6.45) is 5.15. The highest BCUT2D eigenvalue weighted by atomic mass is 16.5. The molecule has 128 valence electrons. The molecule has 1 aliphatic heterocycles. The van der Waals surface area contributed by atoms with Crippen molar-refractivity contribution < 1.29 is 19.4 Å². The second kappa shape index (κ2) is 7.18. The van der Waals surface area contributed by atoms with Crippen molar-refractivity contribution in [1.29, 1.82) is 0 Å². The summed E-state index contributed by atoms with van der Waals surface area (Å²) in [6.45, 7) is 2.11. The topological polar surface area (TPSA) is 66.8 Å². The lowest BCUT2D eigenvalue weighted by Crippen LogP contribution is -2.40. The fourth-order valence-corrected chi connectivity index (χ4v) is 3.36. The first-order valence-electron chi connectivity index (χ1n) is 8.50. The largest absolute Gasteiger partial charge is 0.491 e. The maximum Gasteiger partial charge on any atom is 0.233 e. The standard InChI is InChI=1S/C19H23NO4/c1-2-13-6-5-7-15(10-13)24-12-14(21)11-20-18(22)16-8-3-4-9-17(16)19(20)23/h3-7,10,14,16-17,21H,2,8-9,11-12H2,1H3/t14-,16-,17-/m1/s1. The average molecular weight is 329 g/mol. The minimum atomic E-state index is -0.892. The van der Waals surface area contributed by atoms with Crippen LogP contribution in [0.4, 0.5) is 0 Å². The average Bonchev–Trinajstić information content (AvgIpc) is 2.85. The zero-order valence-corrected chi connectivity index (χ0v) is 13.9. The zero-order valence-electron chi connectivity index (χ0n) is 13.9. The number of allylic oxidation sites excluding steroid dienone is 2. The Hall–Kier alpha value is -2.14. The van der Waals surface area contributed by atoms with E-state index in [1.54, 1.807) is 0 Å². The molecule has 1 fully saturated rings. The van der Waals surface area contributed by atoms with Crippen molar-refractivity contribution in [3.05, 3.63) is 42.0 Å². The summed E-state index contributed by atoms with van der Waals surface area (Å²) >= 11 is 0. The highest BCUT2D eigenvalue weighted by Crippen LogP contribution is 2.35. The van der Waals surface area contributed by atoms with E-state index in [1.165, 1.54) is 4.90 Å². The molecule has 24 heavy (non-hydrogen) atoms. The third kappa shape index (κ3) is 3.36. The summed E-state index contributed by atoms with van der Waals surface area (Å²) < 4.78 is 5.60. The summed E-state index contributed by atoms with van der Waals surface area (Å²) in [5, 5.41) is 10.2. The maximum absolute atomic E-state index is 12.4. The van der Waals surface area contributed by atoms with Crippen molar-refractivity contribution in [3.8, 4) is 5.75 Å². The van der Waals surface area contributed by atoms with E-state index in [-0.39, 0.29) is 36.8 Å². The van der Waals surface area contributed by atoms with Crippen LogP contribution in [0.15, 0.2) is 36.4 Å². The predicted molar refractivity (Wildman–Crippen MR) is 89.4 cm³/mol. The third-order valence-corrected chi connectivity index (χ3v) is 4.74. The number of hydrogen-bond acceptors (Lipinski definition) is 4. The van der Waals surface area contributed by atoms with Gasteiger partial charge < -0.3 is 9.84 Å². The molecule has 0 spiro atoms. The second-order valence-corrected chi connectivity index (χ2v) is 6.41. The molecular formula is C19H23NO4. The number of nitrogens with zero attached hydrogens (tertiary/aromatic N) is 1. The van der Waals surface area contributed by atoms with Crippen molar-refractivity contribution in [2.45, 2.75) is 32.3 Å². The van der Waals surface area contributed by atoms with E-state index in [0.717, 1.165) is 12.0 Å². The first kappa shape index (κ1) is 16.7. The Bertz CT molecular complexity index is 629. The number of aliphatic hydroxyl groups excluding tert-OH is 1. The Morgan fingerprint density at radius 2 is 1.88 bits per heavy atom. The molecule has 0 saturated carbocycles. The smallest absolute Gasteiger partial charge is 0.233 e. The summed E-state index contributed by atoms with van der Waals surface area (Å²) in [6, 6.07) is 7.68. The molecule has 5 heteroatoms. The van der Waals surface area contributed by atoms with Crippen LogP contribution in [-0.2, 0) is 16.0 Å². The molecule has 1 heterocycles. The molecule has 3 rings (SSSR count). The molecule has 1 saturated heterocycles. The molecule has 1 aromatic rings. The molecular weight excluding hydrogens is 306 g/mol. The minimum Gasteiger partial charge on any atom is -0.491 e. The van der Waals surface area contributed by atoms with Gasteiger partial charge in [0.2, 0.25) is 11.8 Å². The van der Waals surface area contributed by atoms with Gasteiger partial charge in [0.05, 0.1) is 18.4 Å². The van der Waals surface area contributed by atoms with Gasteiger partial charge in [-0.15, -0.1) is 0 Å². The summed E-state index contributed by atoms with van der Waals surface area (Å²) in [7, 11) is 0. The van der Waals surface area contributed by atoms with Crippen LogP contribution in [0.2, 0.25) is 0 Å². The number of benzene rings is 1. The number of rotatable bonds is 6. The van der Waals surface area contributed by atoms with Gasteiger partial charge in [-0.05, 0) is 37.0 Å². The van der Waals surface area contributed by atoms with Crippen LogP contribution in [0.25, 0.3) is 0 Å². The van der Waals surface area contributed by atoms with Crippen LogP contribution in [0.1, 0.15) is 25.3 Å². The lowest BCUT2D eigenvalue weighted by Gasteiger charge is -2.19. The van der Waals surface area contributed by atoms with Gasteiger partial charge in [-0.3, -0.25) is 14.5 Å². The van der Waals surface area contributed by atoms with E-state index < -0.39 is 6.10 Å². The monoisotopic (exact) mass is 329 g/mol.